The molecular formula is C15H21FN4S. The molecular weight excluding hydrogens is 287 g/mol. The van der Waals surface area contributed by atoms with Crippen LogP contribution in [0, 0.1) is 11.7 Å². The normalized spacial score (nSPS) is 11.2. The van der Waals surface area contributed by atoms with Crippen LogP contribution in [-0.2, 0) is 13.1 Å². The zero-order chi connectivity index (χ0) is 15.1. The zero-order valence-corrected chi connectivity index (χ0v) is 13.2. The summed E-state index contributed by atoms with van der Waals surface area (Å²) >= 11 is 1.49. The van der Waals surface area contributed by atoms with E-state index >= 15 is 0 Å². The first kappa shape index (κ1) is 16.0. The first-order valence-electron chi connectivity index (χ1n) is 7.12. The highest BCUT2D eigenvalue weighted by Crippen LogP contribution is 2.21. The van der Waals surface area contributed by atoms with Crippen molar-refractivity contribution in [3.05, 3.63) is 42.0 Å². The molecule has 0 amide bonds. The second kappa shape index (κ2) is 8.14. The summed E-state index contributed by atoms with van der Waals surface area (Å²) < 4.78 is 15.3. The maximum atomic E-state index is 13.5. The van der Waals surface area contributed by atoms with Crippen LogP contribution in [0.2, 0.25) is 0 Å². The SMILES string of the molecule is CC(C)CNCc1cn(CCSc2ccccc2F)nn1. The average Bonchev–Trinajstić information content (AvgIpc) is 2.88. The lowest BCUT2D eigenvalue weighted by molar-refractivity contribution is 0.548. The van der Waals surface area contributed by atoms with Gasteiger partial charge in [-0.15, -0.1) is 16.9 Å². The summed E-state index contributed by atoms with van der Waals surface area (Å²) in [5.74, 6) is 1.22. The third-order valence-electron chi connectivity index (χ3n) is 2.86. The highest BCUT2D eigenvalue weighted by atomic mass is 32.2. The lowest BCUT2D eigenvalue weighted by atomic mass is 10.2. The van der Waals surface area contributed by atoms with Crippen molar-refractivity contribution in [3.63, 3.8) is 0 Å². The van der Waals surface area contributed by atoms with E-state index in [0.717, 1.165) is 31.1 Å². The van der Waals surface area contributed by atoms with Gasteiger partial charge in [0.15, 0.2) is 0 Å². The molecule has 0 aliphatic rings. The molecule has 0 radical (unpaired) electrons. The molecule has 0 bridgehead atoms. The molecule has 0 unspecified atom stereocenters. The molecule has 0 saturated carbocycles. The van der Waals surface area contributed by atoms with E-state index in [9.17, 15) is 4.39 Å². The fourth-order valence-corrected chi connectivity index (χ4v) is 2.71. The van der Waals surface area contributed by atoms with E-state index in [1.807, 2.05) is 12.3 Å². The number of halogens is 1. The van der Waals surface area contributed by atoms with E-state index in [0.29, 0.717) is 10.8 Å². The van der Waals surface area contributed by atoms with E-state index in [1.54, 1.807) is 16.8 Å². The van der Waals surface area contributed by atoms with Crippen LogP contribution in [0.3, 0.4) is 0 Å². The van der Waals surface area contributed by atoms with Crippen LogP contribution in [0.15, 0.2) is 35.4 Å². The van der Waals surface area contributed by atoms with E-state index in [-0.39, 0.29) is 5.82 Å². The second-order valence-electron chi connectivity index (χ2n) is 5.28. The Hall–Kier alpha value is -1.40. The van der Waals surface area contributed by atoms with E-state index in [2.05, 4.69) is 29.5 Å². The fraction of sp³-hybridized carbons (Fsp3) is 0.467. The minimum Gasteiger partial charge on any atom is -0.311 e. The van der Waals surface area contributed by atoms with Gasteiger partial charge in [0.05, 0.1) is 12.2 Å². The van der Waals surface area contributed by atoms with Crippen molar-refractivity contribution in [3.8, 4) is 0 Å². The Labute approximate surface area is 129 Å². The van der Waals surface area contributed by atoms with Gasteiger partial charge < -0.3 is 5.32 Å². The first-order valence-corrected chi connectivity index (χ1v) is 8.11. The minimum atomic E-state index is -0.167. The maximum absolute atomic E-state index is 13.5. The Balaban J connectivity index is 1.74. The molecule has 0 aliphatic carbocycles. The number of hydrogen-bond donors (Lipinski definition) is 1. The molecule has 114 valence electrons. The van der Waals surface area contributed by atoms with Crippen LogP contribution < -0.4 is 5.32 Å². The van der Waals surface area contributed by atoms with Crippen molar-refractivity contribution in [2.24, 2.45) is 5.92 Å². The third kappa shape index (κ3) is 5.47. The minimum absolute atomic E-state index is 0.167. The number of benzene rings is 1. The van der Waals surface area contributed by atoms with Gasteiger partial charge >= 0.3 is 0 Å². The van der Waals surface area contributed by atoms with Gasteiger partial charge in [-0.3, -0.25) is 4.68 Å². The number of aryl methyl sites for hydroxylation is 1. The number of nitrogens with one attached hydrogen (secondary N) is 1. The number of rotatable bonds is 8. The first-order chi connectivity index (χ1) is 10.1. The molecule has 0 atom stereocenters. The molecule has 6 heteroatoms. The smallest absolute Gasteiger partial charge is 0.136 e. The summed E-state index contributed by atoms with van der Waals surface area (Å²) in [5, 5.41) is 11.5. The molecule has 4 nitrogen and oxygen atoms in total. The van der Waals surface area contributed by atoms with Gasteiger partial charge in [-0.1, -0.05) is 31.2 Å². The van der Waals surface area contributed by atoms with Crippen LogP contribution in [0.1, 0.15) is 19.5 Å². The molecule has 0 fully saturated rings. The van der Waals surface area contributed by atoms with Gasteiger partial charge in [-0.2, -0.15) is 0 Å². The molecule has 1 heterocycles. The monoisotopic (exact) mass is 308 g/mol. The molecule has 1 N–H and O–H groups in total. The quantitative estimate of drug-likeness (QED) is 0.761. The zero-order valence-electron chi connectivity index (χ0n) is 12.4. The molecule has 2 rings (SSSR count). The van der Waals surface area contributed by atoms with E-state index in [1.165, 1.54) is 17.8 Å². The maximum Gasteiger partial charge on any atom is 0.136 e. The van der Waals surface area contributed by atoms with Crippen molar-refractivity contribution < 1.29 is 4.39 Å². The molecule has 1 aromatic carbocycles. The predicted octanol–water partition coefficient (Wildman–Crippen LogP) is 2.96. The number of hydrogen-bond acceptors (Lipinski definition) is 4. The Morgan fingerprint density at radius 3 is 2.90 bits per heavy atom. The highest BCUT2D eigenvalue weighted by molar-refractivity contribution is 7.99. The van der Waals surface area contributed by atoms with Crippen LogP contribution in [0.4, 0.5) is 4.39 Å². The summed E-state index contributed by atoms with van der Waals surface area (Å²) in [6, 6.07) is 6.82. The van der Waals surface area contributed by atoms with Gasteiger partial charge in [-0.25, -0.2) is 4.39 Å². The fourth-order valence-electron chi connectivity index (χ4n) is 1.83. The standard InChI is InChI=1S/C15H21FN4S/c1-12(2)9-17-10-13-11-20(19-18-13)7-8-21-15-6-4-3-5-14(15)16/h3-6,11-12,17H,7-10H2,1-2H3. The summed E-state index contributed by atoms with van der Waals surface area (Å²) in [4.78, 5) is 0.677. The Kier molecular flexibility index (Phi) is 6.20. The van der Waals surface area contributed by atoms with Crippen LogP contribution in [0.5, 0.6) is 0 Å². The van der Waals surface area contributed by atoms with Crippen molar-refractivity contribution in [2.75, 3.05) is 12.3 Å². The number of thioether (sulfide) groups is 1. The van der Waals surface area contributed by atoms with Crippen molar-refractivity contribution in [2.45, 2.75) is 31.8 Å². The predicted molar refractivity (Wildman–Crippen MR) is 83.7 cm³/mol. The average molecular weight is 308 g/mol. The van der Waals surface area contributed by atoms with Crippen molar-refractivity contribution in [1.82, 2.24) is 20.3 Å². The highest BCUT2D eigenvalue weighted by Gasteiger charge is 2.03. The summed E-state index contributed by atoms with van der Waals surface area (Å²) in [6.45, 7) is 6.76. The number of nitrogens with zero attached hydrogens (tertiary/aromatic N) is 3. The molecule has 1 aromatic heterocycles. The molecule has 0 spiro atoms. The third-order valence-corrected chi connectivity index (χ3v) is 3.89. The summed E-state index contributed by atoms with van der Waals surface area (Å²) in [7, 11) is 0. The van der Waals surface area contributed by atoms with Gasteiger partial charge in [-0.05, 0) is 24.6 Å². The van der Waals surface area contributed by atoms with Crippen LogP contribution >= 0.6 is 11.8 Å². The van der Waals surface area contributed by atoms with Gasteiger partial charge in [0.1, 0.15) is 5.82 Å². The van der Waals surface area contributed by atoms with Crippen molar-refractivity contribution in [1.29, 1.82) is 0 Å². The molecule has 21 heavy (non-hydrogen) atoms. The lowest BCUT2D eigenvalue weighted by Gasteiger charge is -2.04. The topological polar surface area (TPSA) is 42.7 Å². The Bertz CT molecular complexity index is 556. The largest absolute Gasteiger partial charge is 0.311 e. The molecule has 2 aromatic rings. The molecule has 0 aliphatic heterocycles. The van der Waals surface area contributed by atoms with Gasteiger partial charge in [0.2, 0.25) is 0 Å². The second-order valence-corrected chi connectivity index (χ2v) is 6.41. The van der Waals surface area contributed by atoms with Crippen LogP contribution in [-0.4, -0.2) is 27.3 Å². The lowest BCUT2D eigenvalue weighted by Crippen LogP contribution is -2.19. The number of aromatic nitrogens is 3. The summed E-state index contributed by atoms with van der Waals surface area (Å²) in [5.41, 5.74) is 0.937. The van der Waals surface area contributed by atoms with Crippen molar-refractivity contribution >= 4 is 11.8 Å². The molecule has 0 saturated heterocycles. The Morgan fingerprint density at radius 2 is 2.14 bits per heavy atom. The van der Waals surface area contributed by atoms with Gasteiger partial charge in [0, 0.05) is 23.4 Å². The summed E-state index contributed by atoms with van der Waals surface area (Å²) in [6.07, 6.45) is 1.94. The van der Waals surface area contributed by atoms with Gasteiger partial charge in [0.25, 0.3) is 0 Å². The van der Waals surface area contributed by atoms with E-state index < -0.39 is 0 Å². The van der Waals surface area contributed by atoms with Crippen LogP contribution in [0.25, 0.3) is 0 Å². The van der Waals surface area contributed by atoms with E-state index in [4.69, 9.17) is 0 Å². The Morgan fingerprint density at radius 1 is 1.33 bits per heavy atom.